The van der Waals surface area contributed by atoms with Crippen LogP contribution in [0.15, 0.2) is 94.8 Å². The number of carbonyl (C=O) groups excluding carboxylic acids is 1. The molecular formula is C29H24N2O2S. The Morgan fingerprint density at radius 3 is 2.15 bits per heavy atom. The van der Waals surface area contributed by atoms with Crippen LogP contribution in [0.5, 0.6) is 5.75 Å². The molecule has 4 nitrogen and oxygen atoms in total. The van der Waals surface area contributed by atoms with Crippen molar-refractivity contribution in [2.75, 3.05) is 12.0 Å². The van der Waals surface area contributed by atoms with Gasteiger partial charge in [-0.25, -0.2) is 4.99 Å². The van der Waals surface area contributed by atoms with Crippen molar-refractivity contribution in [1.29, 1.82) is 0 Å². The predicted octanol–water partition coefficient (Wildman–Crippen LogP) is 7.27. The summed E-state index contributed by atoms with van der Waals surface area (Å²) in [5.74, 6) is 0.727. The van der Waals surface area contributed by atoms with E-state index < -0.39 is 0 Å². The summed E-state index contributed by atoms with van der Waals surface area (Å²) >= 11 is 1.39. The van der Waals surface area contributed by atoms with Gasteiger partial charge in [-0.15, -0.1) is 0 Å². The van der Waals surface area contributed by atoms with Crippen molar-refractivity contribution in [2.45, 2.75) is 13.8 Å². The van der Waals surface area contributed by atoms with Gasteiger partial charge < -0.3 is 4.74 Å². The van der Waals surface area contributed by atoms with Gasteiger partial charge in [0.05, 0.1) is 23.4 Å². The number of aryl methyl sites for hydroxylation is 2. The number of hydrogen-bond donors (Lipinski definition) is 0. The van der Waals surface area contributed by atoms with E-state index in [4.69, 9.17) is 9.73 Å². The quantitative estimate of drug-likeness (QED) is 0.298. The number of thioether (sulfide) groups is 1. The van der Waals surface area contributed by atoms with Crippen LogP contribution in [0.1, 0.15) is 16.7 Å². The fraction of sp³-hybridized carbons (Fsp3) is 0.103. The van der Waals surface area contributed by atoms with Gasteiger partial charge in [0.15, 0.2) is 5.17 Å². The van der Waals surface area contributed by atoms with Crippen LogP contribution in [0.4, 0.5) is 11.4 Å². The van der Waals surface area contributed by atoms with Gasteiger partial charge in [0.1, 0.15) is 5.75 Å². The molecule has 0 N–H and O–H groups in total. The molecule has 0 bridgehead atoms. The van der Waals surface area contributed by atoms with Gasteiger partial charge in [-0.3, -0.25) is 9.69 Å². The number of fused-ring (bicyclic) bond motifs is 1. The summed E-state index contributed by atoms with van der Waals surface area (Å²) in [5, 5.41) is 2.69. The topological polar surface area (TPSA) is 41.9 Å². The van der Waals surface area contributed by atoms with Crippen LogP contribution in [-0.4, -0.2) is 18.2 Å². The van der Waals surface area contributed by atoms with E-state index in [1.165, 1.54) is 17.3 Å². The second kappa shape index (κ2) is 9.20. The molecule has 1 saturated heterocycles. The third-order valence-electron chi connectivity index (χ3n) is 5.78. The minimum absolute atomic E-state index is 0.0837. The molecule has 0 radical (unpaired) electrons. The van der Waals surface area contributed by atoms with Gasteiger partial charge >= 0.3 is 0 Å². The smallest absolute Gasteiger partial charge is 0.271 e. The van der Waals surface area contributed by atoms with Crippen molar-refractivity contribution >= 4 is 51.1 Å². The maximum absolute atomic E-state index is 13.6. The Labute approximate surface area is 203 Å². The Morgan fingerprint density at radius 2 is 1.47 bits per heavy atom. The molecule has 0 spiro atoms. The van der Waals surface area contributed by atoms with E-state index in [0.717, 1.165) is 39.0 Å². The van der Waals surface area contributed by atoms with Crippen molar-refractivity contribution in [3.63, 3.8) is 0 Å². The maximum atomic E-state index is 13.6. The minimum atomic E-state index is -0.0837. The number of methoxy groups -OCH3 is 1. The minimum Gasteiger partial charge on any atom is -0.496 e. The summed E-state index contributed by atoms with van der Waals surface area (Å²) in [7, 11) is 1.67. The first-order valence-electron chi connectivity index (χ1n) is 11.1. The Kier molecular flexibility index (Phi) is 5.95. The lowest BCUT2D eigenvalue weighted by molar-refractivity contribution is -0.113. The molecule has 34 heavy (non-hydrogen) atoms. The van der Waals surface area contributed by atoms with E-state index in [1.807, 2.05) is 105 Å². The number of ether oxygens (including phenoxy) is 1. The highest BCUT2D eigenvalue weighted by atomic mass is 32.2. The van der Waals surface area contributed by atoms with Crippen LogP contribution < -0.4 is 9.64 Å². The van der Waals surface area contributed by atoms with Crippen LogP contribution in [0.25, 0.3) is 16.8 Å². The zero-order chi connectivity index (χ0) is 23.7. The summed E-state index contributed by atoms with van der Waals surface area (Å²) in [6.07, 6.45) is 1.95. The summed E-state index contributed by atoms with van der Waals surface area (Å²) in [6.45, 7) is 4.08. The van der Waals surface area contributed by atoms with Gasteiger partial charge in [0.2, 0.25) is 0 Å². The summed E-state index contributed by atoms with van der Waals surface area (Å²) in [6, 6.07) is 27.9. The van der Waals surface area contributed by atoms with Crippen molar-refractivity contribution in [3.8, 4) is 5.75 Å². The van der Waals surface area contributed by atoms with Gasteiger partial charge in [0, 0.05) is 5.39 Å². The molecule has 0 atom stereocenters. The van der Waals surface area contributed by atoms with Crippen LogP contribution in [0.2, 0.25) is 0 Å². The zero-order valence-electron chi connectivity index (χ0n) is 19.3. The number of carbonyl (C=O) groups is 1. The average molecular weight is 465 g/mol. The Bertz CT molecular complexity index is 1440. The molecule has 4 aromatic carbocycles. The highest BCUT2D eigenvalue weighted by Gasteiger charge is 2.34. The monoisotopic (exact) mass is 464 g/mol. The van der Waals surface area contributed by atoms with E-state index in [1.54, 1.807) is 12.0 Å². The second-order valence-electron chi connectivity index (χ2n) is 8.22. The summed E-state index contributed by atoms with van der Waals surface area (Å²) < 4.78 is 5.53. The standard InChI is InChI=1S/C29H24N2O2S/c1-19-8-13-22(14-9-19)30-29-31(23-15-10-20(2)11-16-23)28(32)27(34-29)18-21-12-17-26(33-3)25-7-5-4-6-24(21)25/h4-18H,1-3H3/b27-18+,30-29?. The molecule has 0 aliphatic carbocycles. The molecule has 5 heteroatoms. The van der Waals surface area contributed by atoms with Crippen LogP contribution >= 0.6 is 11.8 Å². The van der Waals surface area contributed by atoms with Gasteiger partial charge in [-0.05, 0) is 73.0 Å². The summed E-state index contributed by atoms with van der Waals surface area (Å²) in [5.41, 5.74) is 4.89. The van der Waals surface area contributed by atoms with Crippen molar-refractivity contribution in [1.82, 2.24) is 0 Å². The number of aliphatic imine (C=N–C) groups is 1. The third-order valence-corrected chi connectivity index (χ3v) is 6.75. The fourth-order valence-corrected chi connectivity index (χ4v) is 4.93. The number of amidine groups is 1. The van der Waals surface area contributed by atoms with Crippen molar-refractivity contribution in [3.05, 3.63) is 107 Å². The number of amides is 1. The first-order valence-corrected chi connectivity index (χ1v) is 11.9. The zero-order valence-corrected chi connectivity index (χ0v) is 20.1. The number of anilines is 1. The molecule has 168 valence electrons. The molecule has 1 fully saturated rings. The molecule has 1 aliphatic rings. The van der Waals surface area contributed by atoms with Crippen LogP contribution in [-0.2, 0) is 4.79 Å². The highest BCUT2D eigenvalue weighted by molar-refractivity contribution is 8.19. The summed E-state index contributed by atoms with van der Waals surface area (Å²) in [4.78, 5) is 20.8. The Hall–Kier alpha value is -3.83. The lowest BCUT2D eigenvalue weighted by atomic mass is 10.0. The van der Waals surface area contributed by atoms with E-state index in [2.05, 4.69) is 0 Å². The fourth-order valence-electron chi connectivity index (χ4n) is 3.94. The maximum Gasteiger partial charge on any atom is 0.271 e. The number of benzene rings is 4. The van der Waals surface area contributed by atoms with Gasteiger partial charge in [0.25, 0.3) is 5.91 Å². The van der Waals surface area contributed by atoms with E-state index in [0.29, 0.717) is 10.1 Å². The molecule has 1 aliphatic heterocycles. The molecule has 0 aromatic heterocycles. The lowest BCUT2D eigenvalue weighted by Crippen LogP contribution is -2.28. The largest absolute Gasteiger partial charge is 0.496 e. The van der Waals surface area contributed by atoms with Crippen LogP contribution in [0, 0.1) is 13.8 Å². The number of hydrogen-bond acceptors (Lipinski definition) is 4. The first-order chi connectivity index (χ1) is 16.5. The Balaban J connectivity index is 1.61. The van der Waals surface area contributed by atoms with E-state index in [9.17, 15) is 4.79 Å². The van der Waals surface area contributed by atoms with E-state index in [-0.39, 0.29) is 5.91 Å². The molecule has 1 heterocycles. The van der Waals surface area contributed by atoms with Crippen molar-refractivity contribution in [2.24, 2.45) is 4.99 Å². The number of nitrogens with zero attached hydrogens (tertiary/aromatic N) is 2. The number of rotatable bonds is 4. The molecule has 5 rings (SSSR count). The third kappa shape index (κ3) is 4.22. The highest BCUT2D eigenvalue weighted by Crippen LogP contribution is 2.39. The first kappa shape index (κ1) is 22.0. The molecular weight excluding hydrogens is 440 g/mol. The Morgan fingerprint density at radius 1 is 0.824 bits per heavy atom. The molecule has 4 aromatic rings. The average Bonchev–Trinajstić information content (AvgIpc) is 3.15. The van der Waals surface area contributed by atoms with Crippen molar-refractivity contribution < 1.29 is 9.53 Å². The van der Waals surface area contributed by atoms with Gasteiger partial charge in [-0.1, -0.05) is 65.7 Å². The molecule has 0 saturated carbocycles. The van der Waals surface area contributed by atoms with E-state index >= 15 is 0 Å². The normalized spacial score (nSPS) is 16.1. The molecule has 1 amide bonds. The lowest BCUT2D eigenvalue weighted by Gasteiger charge is -2.16. The van der Waals surface area contributed by atoms with Crippen LogP contribution in [0.3, 0.4) is 0 Å². The predicted molar refractivity (Wildman–Crippen MR) is 143 cm³/mol. The van der Waals surface area contributed by atoms with Gasteiger partial charge in [-0.2, -0.15) is 0 Å². The second-order valence-corrected chi connectivity index (χ2v) is 9.23. The SMILES string of the molecule is COc1ccc(/C=C2/SC(=Nc3ccc(C)cc3)N(c3ccc(C)cc3)C2=O)c2ccccc12. The molecule has 0 unspecified atom stereocenters.